The first-order valence-corrected chi connectivity index (χ1v) is 1.50. The molecule has 0 aromatic rings. The number of quaternary nitrogens is 1. The van der Waals surface area contributed by atoms with Crippen LogP contribution in [-0.4, -0.2) is 13.3 Å². The SMILES string of the molecule is O=S([O-])[O-].[Co+].[NH4+]. The normalized spacial score (nSPS) is 5.83. The van der Waals surface area contributed by atoms with Gasteiger partial charge in [0.15, 0.2) is 0 Å². The second-order valence-electron chi connectivity index (χ2n) is 0.204. The van der Waals surface area contributed by atoms with E-state index in [0.717, 1.165) is 0 Å². The molecule has 42 valence electrons. The van der Waals surface area contributed by atoms with Crippen molar-refractivity contribution >= 4 is 11.4 Å². The van der Waals surface area contributed by atoms with Gasteiger partial charge in [-0.1, -0.05) is 0 Å². The standard InChI is InChI=1S/Co.H3N.H2O3S/c;;1-4(2)3/h;1H3;(H2,1,2,3)/q+1;;/p-1. The number of hydrogen-bond donors (Lipinski definition) is 1. The fourth-order valence-electron chi connectivity index (χ4n) is 0. The molecule has 0 rings (SSSR count). The van der Waals surface area contributed by atoms with Crippen LogP contribution in [-0.2, 0) is 28.1 Å². The molecule has 0 fully saturated rings. The largest absolute Gasteiger partial charge is 1.00 e. The fourth-order valence-corrected chi connectivity index (χ4v) is 0. The smallest absolute Gasteiger partial charge is 0.784 e. The molecule has 0 unspecified atom stereocenters. The molecular formula is H4CoNO3S. The van der Waals surface area contributed by atoms with Gasteiger partial charge in [0.05, 0.1) is 0 Å². The summed E-state index contributed by atoms with van der Waals surface area (Å²) in [6, 6.07) is 0. The summed E-state index contributed by atoms with van der Waals surface area (Å²) in [6.45, 7) is 0. The van der Waals surface area contributed by atoms with E-state index in [1.165, 1.54) is 0 Å². The second kappa shape index (κ2) is 9.11. The van der Waals surface area contributed by atoms with E-state index in [-0.39, 0.29) is 22.9 Å². The molecule has 0 atom stereocenters. The molecule has 0 saturated carbocycles. The van der Waals surface area contributed by atoms with Gasteiger partial charge in [-0.05, 0) is 0 Å². The molecule has 0 aliphatic carbocycles. The molecule has 6 heteroatoms. The van der Waals surface area contributed by atoms with Crippen LogP contribution in [0.5, 0.6) is 0 Å². The molecule has 6 heavy (non-hydrogen) atoms. The third-order valence-corrected chi connectivity index (χ3v) is 0. The summed E-state index contributed by atoms with van der Waals surface area (Å²) in [5, 5.41) is 0. The summed E-state index contributed by atoms with van der Waals surface area (Å²) in [5.41, 5.74) is 0. The van der Waals surface area contributed by atoms with E-state index >= 15 is 0 Å². The molecule has 0 saturated heterocycles. The third-order valence-electron chi connectivity index (χ3n) is 0. The molecule has 0 aromatic heterocycles. The van der Waals surface area contributed by atoms with E-state index < -0.39 is 11.4 Å². The van der Waals surface area contributed by atoms with E-state index in [4.69, 9.17) is 13.3 Å². The Kier molecular flexibility index (Phi) is 24.3. The van der Waals surface area contributed by atoms with Gasteiger partial charge in [0.2, 0.25) is 0 Å². The van der Waals surface area contributed by atoms with Gasteiger partial charge in [0, 0.05) is 0 Å². The van der Waals surface area contributed by atoms with Crippen LogP contribution in [0.3, 0.4) is 0 Å². The molecular weight excluding hydrogens is 153 g/mol. The van der Waals surface area contributed by atoms with Crippen LogP contribution in [0.4, 0.5) is 0 Å². The van der Waals surface area contributed by atoms with Crippen molar-refractivity contribution < 1.29 is 30.1 Å². The van der Waals surface area contributed by atoms with Crippen molar-refractivity contribution in [1.82, 2.24) is 6.15 Å². The van der Waals surface area contributed by atoms with Crippen molar-refractivity contribution in [3.63, 3.8) is 0 Å². The quantitative estimate of drug-likeness (QED) is 0.473. The van der Waals surface area contributed by atoms with E-state index in [2.05, 4.69) is 0 Å². The van der Waals surface area contributed by atoms with E-state index in [1.807, 2.05) is 0 Å². The van der Waals surface area contributed by atoms with Crippen molar-refractivity contribution in [2.45, 2.75) is 0 Å². The summed E-state index contributed by atoms with van der Waals surface area (Å²) in [6.07, 6.45) is 0. The van der Waals surface area contributed by atoms with Crippen molar-refractivity contribution in [2.24, 2.45) is 0 Å². The molecule has 0 heterocycles. The van der Waals surface area contributed by atoms with Crippen molar-refractivity contribution in [3.05, 3.63) is 0 Å². The maximum atomic E-state index is 8.44. The van der Waals surface area contributed by atoms with Crippen molar-refractivity contribution in [3.8, 4) is 0 Å². The van der Waals surface area contributed by atoms with Gasteiger partial charge in [0.1, 0.15) is 0 Å². The van der Waals surface area contributed by atoms with Crippen LogP contribution in [0.25, 0.3) is 0 Å². The Morgan fingerprint density at radius 2 is 1.33 bits per heavy atom. The Balaban J connectivity index is -0.0000000450. The molecule has 0 aliphatic heterocycles. The topological polar surface area (TPSA) is 99.7 Å². The molecule has 0 bridgehead atoms. The zero-order valence-corrected chi connectivity index (χ0v) is 4.82. The Morgan fingerprint density at radius 3 is 1.33 bits per heavy atom. The summed E-state index contributed by atoms with van der Waals surface area (Å²) in [4.78, 5) is 0. The molecule has 0 aromatic carbocycles. The fraction of sp³-hybridized carbons (Fsp3) is 0. The molecule has 4 N–H and O–H groups in total. The van der Waals surface area contributed by atoms with Gasteiger partial charge in [-0.15, -0.1) is 11.4 Å². The molecule has 4 nitrogen and oxygen atoms in total. The summed E-state index contributed by atoms with van der Waals surface area (Å²) < 4.78 is 25.3. The second-order valence-corrected chi connectivity index (χ2v) is 0.612. The van der Waals surface area contributed by atoms with Crippen LogP contribution in [0, 0.1) is 0 Å². The predicted octanol–water partition coefficient (Wildman–Crippen LogP) is -0.630. The van der Waals surface area contributed by atoms with Crippen LogP contribution in [0.1, 0.15) is 0 Å². The summed E-state index contributed by atoms with van der Waals surface area (Å²) >= 11 is -3.11. The van der Waals surface area contributed by atoms with Crippen molar-refractivity contribution in [1.29, 1.82) is 0 Å². The van der Waals surface area contributed by atoms with Crippen LogP contribution in [0.2, 0.25) is 0 Å². The van der Waals surface area contributed by atoms with Gasteiger partial charge in [-0.25, -0.2) is 0 Å². The van der Waals surface area contributed by atoms with Gasteiger partial charge in [-0.2, -0.15) is 0 Å². The van der Waals surface area contributed by atoms with E-state index in [0.29, 0.717) is 0 Å². The number of rotatable bonds is 0. The summed E-state index contributed by atoms with van der Waals surface area (Å²) in [7, 11) is 0. The first-order chi connectivity index (χ1) is 1.73. The Hall–Kier alpha value is 0.536. The van der Waals surface area contributed by atoms with Gasteiger partial charge in [0.25, 0.3) is 0 Å². The molecule has 0 amide bonds. The Morgan fingerprint density at radius 1 is 1.33 bits per heavy atom. The molecule has 0 aliphatic rings. The minimum Gasteiger partial charge on any atom is -0.784 e. The molecule has 0 spiro atoms. The average Bonchev–Trinajstić information content (AvgIpc) is 0.811. The minimum atomic E-state index is -3.11. The first kappa shape index (κ1) is 16.0. The Labute approximate surface area is 48.2 Å². The zero-order valence-electron chi connectivity index (χ0n) is 2.97. The third kappa shape index (κ3) is 197. The van der Waals surface area contributed by atoms with Crippen LogP contribution >= 0.6 is 0 Å². The minimum absolute atomic E-state index is 0. The van der Waals surface area contributed by atoms with Crippen LogP contribution in [0.15, 0.2) is 0 Å². The maximum absolute atomic E-state index is 8.44. The first-order valence-electron chi connectivity index (χ1n) is 0.500. The van der Waals surface area contributed by atoms with Gasteiger partial charge < -0.3 is 15.3 Å². The van der Waals surface area contributed by atoms with E-state index in [9.17, 15) is 0 Å². The van der Waals surface area contributed by atoms with Crippen molar-refractivity contribution in [2.75, 3.05) is 0 Å². The van der Waals surface area contributed by atoms with Gasteiger partial charge in [-0.3, -0.25) is 4.21 Å². The zero-order chi connectivity index (χ0) is 3.58. The van der Waals surface area contributed by atoms with Crippen LogP contribution < -0.4 is 6.15 Å². The monoisotopic (exact) mass is 157 g/mol. The van der Waals surface area contributed by atoms with Gasteiger partial charge >= 0.3 is 16.8 Å². The number of hydrogen-bond acceptors (Lipinski definition) is 3. The Bertz CT molecular complexity index is 33.8. The van der Waals surface area contributed by atoms with E-state index in [1.54, 1.807) is 0 Å². The predicted molar refractivity (Wildman–Crippen MR) is 15.7 cm³/mol. The summed E-state index contributed by atoms with van der Waals surface area (Å²) in [5.74, 6) is 0. The molecule has 0 radical (unpaired) electrons. The average molecular weight is 157 g/mol. The maximum Gasteiger partial charge on any atom is 1.00 e.